The largest absolute Gasteiger partial charge is 0.321 e. The van der Waals surface area contributed by atoms with Gasteiger partial charge in [0.2, 0.25) is 0 Å². The maximum absolute atomic E-state index is 12.6. The summed E-state index contributed by atoms with van der Waals surface area (Å²) in [6.45, 7) is 3.40. The number of anilines is 1. The van der Waals surface area contributed by atoms with Crippen molar-refractivity contribution in [2.75, 3.05) is 5.32 Å². The van der Waals surface area contributed by atoms with E-state index in [1.807, 2.05) is 37.3 Å². The lowest BCUT2D eigenvalue weighted by Gasteiger charge is -2.06. The van der Waals surface area contributed by atoms with Crippen LogP contribution in [0.3, 0.4) is 0 Å². The highest BCUT2D eigenvalue weighted by atomic mass is 32.1. The number of rotatable bonds is 4. The summed E-state index contributed by atoms with van der Waals surface area (Å²) in [6, 6.07) is 16.5. The van der Waals surface area contributed by atoms with E-state index >= 15 is 0 Å². The molecule has 0 unspecified atom stereocenters. The maximum Gasteiger partial charge on any atom is 0.268 e. The van der Waals surface area contributed by atoms with Gasteiger partial charge in [-0.2, -0.15) is 0 Å². The maximum atomic E-state index is 12.6. The predicted molar refractivity (Wildman–Crippen MR) is 96.7 cm³/mol. The summed E-state index contributed by atoms with van der Waals surface area (Å²) < 4.78 is 0. The van der Waals surface area contributed by atoms with Crippen molar-refractivity contribution < 1.29 is 9.59 Å². The number of hydrogen-bond donors (Lipinski definition) is 1. The molecule has 0 aliphatic carbocycles. The highest BCUT2D eigenvalue weighted by molar-refractivity contribution is 7.14. The van der Waals surface area contributed by atoms with Crippen LogP contribution >= 0.6 is 11.3 Å². The van der Waals surface area contributed by atoms with Crippen LogP contribution in [0, 0.1) is 6.92 Å². The lowest BCUT2D eigenvalue weighted by atomic mass is 10.1. The molecule has 120 valence electrons. The van der Waals surface area contributed by atoms with Gasteiger partial charge in [-0.15, -0.1) is 11.3 Å². The normalized spacial score (nSPS) is 10.4. The first-order valence-corrected chi connectivity index (χ1v) is 8.31. The van der Waals surface area contributed by atoms with Crippen molar-refractivity contribution in [2.45, 2.75) is 13.8 Å². The molecular weight excluding hydrogens is 320 g/mol. The van der Waals surface area contributed by atoms with Crippen LogP contribution in [0.4, 0.5) is 5.69 Å². The van der Waals surface area contributed by atoms with E-state index in [2.05, 4.69) is 10.3 Å². The van der Waals surface area contributed by atoms with Gasteiger partial charge in [-0.3, -0.25) is 9.59 Å². The number of carbonyl (C=O) groups is 2. The Kier molecular flexibility index (Phi) is 4.53. The number of nitrogens with one attached hydrogen (secondary N) is 1. The predicted octanol–water partition coefficient (Wildman–Crippen LogP) is 4.57. The molecular formula is C19H16N2O2S. The summed E-state index contributed by atoms with van der Waals surface area (Å²) in [4.78, 5) is 29.0. The Morgan fingerprint density at radius 2 is 1.67 bits per heavy atom. The van der Waals surface area contributed by atoms with Crippen LogP contribution in [0.5, 0.6) is 0 Å². The minimum atomic E-state index is -0.199. The molecule has 0 fully saturated rings. The Bertz CT molecular complexity index is 883. The lowest BCUT2D eigenvalue weighted by molar-refractivity contribution is 0.101. The van der Waals surface area contributed by atoms with E-state index in [0.29, 0.717) is 21.8 Å². The first kappa shape index (κ1) is 16.1. The Morgan fingerprint density at radius 3 is 2.29 bits per heavy atom. The minimum Gasteiger partial charge on any atom is -0.321 e. The Morgan fingerprint density at radius 1 is 1.00 bits per heavy atom. The molecule has 1 heterocycles. The monoisotopic (exact) mass is 336 g/mol. The molecule has 3 rings (SSSR count). The molecule has 3 aromatic rings. The summed E-state index contributed by atoms with van der Waals surface area (Å²) in [5.74, 6) is -0.202. The molecule has 1 aromatic heterocycles. The van der Waals surface area contributed by atoms with E-state index in [4.69, 9.17) is 0 Å². The minimum absolute atomic E-state index is 0.00248. The second-order valence-corrected chi connectivity index (χ2v) is 6.57. The topological polar surface area (TPSA) is 59.1 Å². The van der Waals surface area contributed by atoms with Crippen molar-refractivity contribution in [1.29, 1.82) is 0 Å². The average Bonchev–Trinajstić information content (AvgIpc) is 2.98. The van der Waals surface area contributed by atoms with E-state index in [1.54, 1.807) is 24.3 Å². The van der Waals surface area contributed by atoms with E-state index in [0.717, 1.165) is 10.6 Å². The summed E-state index contributed by atoms with van der Waals surface area (Å²) >= 11 is 1.37. The van der Waals surface area contributed by atoms with Gasteiger partial charge < -0.3 is 5.32 Å². The van der Waals surface area contributed by atoms with E-state index in [9.17, 15) is 9.59 Å². The molecule has 24 heavy (non-hydrogen) atoms. The zero-order chi connectivity index (χ0) is 17.1. The second-order valence-electron chi connectivity index (χ2n) is 5.36. The molecule has 0 saturated carbocycles. The van der Waals surface area contributed by atoms with Crippen LogP contribution in [-0.2, 0) is 0 Å². The average molecular weight is 336 g/mol. The van der Waals surface area contributed by atoms with Crippen LogP contribution in [-0.4, -0.2) is 16.7 Å². The zero-order valence-electron chi connectivity index (χ0n) is 13.4. The van der Waals surface area contributed by atoms with Gasteiger partial charge in [-0.05, 0) is 38.1 Å². The Labute approximate surface area is 144 Å². The van der Waals surface area contributed by atoms with Crippen molar-refractivity contribution in [3.63, 3.8) is 0 Å². The molecule has 0 spiro atoms. The zero-order valence-corrected chi connectivity index (χ0v) is 14.2. The Hall–Kier alpha value is -2.79. The third kappa shape index (κ3) is 3.41. The first-order chi connectivity index (χ1) is 11.5. The van der Waals surface area contributed by atoms with Gasteiger partial charge in [0.25, 0.3) is 5.91 Å². The molecule has 4 nitrogen and oxygen atoms in total. The third-order valence-corrected chi connectivity index (χ3v) is 4.51. The van der Waals surface area contributed by atoms with Crippen LogP contribution in [0.2, 0.25) is 0 Å². The fourth-order valence-electron chi connectivity index (χ4n) is 2.35. The van der Waals surface area contributed by atoms with E-state index < -0.39 is 0 Å². The summed E-state index contributed by atoms with van der Waals surface area (Å²) in [5, 5.41) is 3.71. The number of carbonyl (C=O) groups excluding carboxylic acids is 2. The number of ketones is 1. The number of aromatic nitrogens is 1. The highest BCUT2D eigenvalue weighted by Gasteiger charge is 2.18. The fraction of sp³-hybridized carbons (Fsp3) is 0.105. The number of aryl methyl sites for hydroxylation is 1. The van der Waals surface area contributed by atoms with Crippen molar-refractivity contribution in [3.8, 4) is 11.3 Å². The van der Waals surface area contributed by atoms with Crippen molar-refractivity contribution in [2.24, 2.45) is 0 Å². The standard InChI is InChI=1S/C19H16N2O2S/c1-12(22)14-8-10-16(11-9-14)21-19(23)18-17(20-13(2)24-18)15-6-4-3-5-7-15/h3-11H,1-2H3,(H,21,23). The fourth-order valence-corrected chi connectivity index (χ4v) is 3.19. The van der Waals surface area contributed by atoms with Crippen molar-refractivity contribution >= 4 is 28.7 Å². The number of nitrogens with zero attached hydrogens (tertiary/aromatic N) is 1. The number of benzene rings is 2. The van der Waals surface area contributed by atoms with Crippen LogP contribution < -0.4 is 5.32 Å². The molecule has 0 saturated heterocycles. The van der Waals surface area contributed by atoms with Crippen LogP contribution in [0.15, 0.2) is 54.6 Å². The number of Topliss-reactive ketones (excluding diaryl/α,β-unsaturated/α-hetero) is 1. The molecule has 0 radical (unpaired) electrons. The third-order valence-electron chi connectivity index (χ3n) is 3.54. The van der Waals surface area contributed by atoms with Crippen LogP contribution in [0.25, 0.3) is 11.3 Å². The first-order valence-electron chi connectivity index (χ1n) is 7.50. The van der Waals surface area contributed by atoms with Gasteiger partial charge in [0.1, 0.15) is 4.88 Å². The van der Waals surface area contributed by atoms with Crippen molar-refractivity contribution in [3.05, 3.63) is 70.0 Å². The molecule has 0 aliphatic heterocycles. The van der Waals surface area contributed by atoms with Gasteiger partial charge >= 0.3 is 0 Å². The van der Waals surface area contributed by atoms with Gasteiger partial charge in [0.05, 0.1) is 10.7 Å². The molecule has 2 aromatic carbocycles. The van der Waals surface area contributed by atoms with Gasteiger partial charge in [-0.1, -0.05) is 30.3 Å². The Balaban J connectivity index is 1.87. The quantitative estimate of drug-likeness (QED) is 0.710. The SMILES string of the molecule is CC(=O)c1ccc(NC(=O)c2sc(C)nc2-c2ccccc2)cc1. The second kappa shape index (κ2) is 6.76. The summed E-state index contributed by atoms with van der Waals surface area (Å²) in [5.41, 5.74) is 2.87. The molecule has 5 heteroatoms. The van der Waals surface area contributed by atoms with Gasteiger partial charge in [0.15, 0.2) is 5.78 Å². The van der Waals surface area contributed by atoms with Gasteiger partial charge in [0, 0.05) is 16.8 Å². The smallest absolute Gasteiger partial charge is 0.268 e. The van der Waals surface area contributed by atoms with Crippen LogP contribution in [0.1, 0.15) is 32.0 Å². The number of hydrogen-bond acceptors (Lipinski definition) is 4. The molecule has 1 amide bonds. The van der Waals surface area contributed by atoms with E-state index in [-0.39, 0.29) is 11.7 Å². The van der Waals surface area contributed by atoms with Gasteiger partial charge in [-0.25, -0.2) is 4.98 Å². The number of thiazole rings is 1. The number of amides is 1. The lowest BCUT2D eigenvalue weighted by Crippen LogP contribution is -2.11. The van der Waals surface area contributed by atoms with E-state index in [1.165, 1.54) is 18.3 Å². The molecule has 0 bridgehead atoms. The highest BCUT2D eigenvalue weighted by Crippen LogP contribution is 2.28. The molecule has 0 atom stereocenters. The summed E-state index contributed by atoms with van der Waals surface area (Å²) in [7, 11) is 0. The molecule has 0 aliphatic rings. The summed E-state index contributed by atoms with van der Waals surface area (Å²) in [6.07, 6.45) is 0. The molecule has 1 N–H and O–H groups in total. The van der Waals surface area contributed by atoms with Crippen molar-refractivity contribution in [1.82, 2.24) is 4.98 Å².